The summed E-state index contributed by atoms with van der Waals surface area (Å²) < 4.78 is 101. The van der Waals surface area contributed by atoms with Crippen LogP contribution in [0.25, 0.3) is 0 Å². The molecule has 20 heteroatoms. The van der Waals surface area contributed by atoms with E-state index in [2.05, 4.69) is 46.3 Å². The fourth-order valence-corrected chi connectivity index (χ4v) is 4.47. The van der Waals surface area contributed by atoms with Gasteiger partial charge in [-0.2, -0.15) is 39.5 Å². The second kappa shape index (κ2) is 18.3. The summed E-state index contributed by atoms with van der Waals surface area (Å²) >= 11 is 1.88. The molecule has 0 unspecified atom stereocenters. The summed E-state index contributed by atoms with van der Waals surface area (Å²) in [5.74, 6) is -8.27. The van der Waals surface area contributed by atoms with E-state index >= 15 is 0 Å². The van der Waals surface area contributed by atoms with Crippen molar-refractivity contribution in [3.63, 3.8) is 0 Å². The second-order valence-electron chi connectivity index (χ2n) is 9.90. The first-order chi connectivity index (χ1) is 20.0. The molecule has 1 aromatic rings. The van der Waals surface area contributed by atoms with Crippen molar-refractivity contribution in [1.29, 1.82) is 0 Å². The van der Waals surface area contributed by atoms with Gasteiger partial charge >= 0.3 is 36.4 Å². The number of rotatable bonds is 5. The second-order valence-corrected chi connectivity index (χ2v) is 10.9. The van der Waals surface area contributed by atoms with E-state index in [-0.39, 0.29) is 0 Å². The van der Waals surface area contributed by atoms with E-state index in [1.54, 1.807) is 0 Å². The summed E-state index contributed by atoms with van der Waals surface area (Å²) in [6, 6.07) is 4.42. The van der Waals surface area contributed by atoms with Crippen LogP contribution in [0.4, 0.5) is 39.5 Å². The molecule has 0 aliphatic carbocycles. The Kier molecular flexibility index (Phi) is 17.2. The summed E-state index contributed by atoms with van der Waals surface area (Å²) in [7, 11) is 4.32. The largest absolute Gasteiger partial charge is 0.490 e. The van der Waals surface area contributed by atoms with Gasteiger partial charge in [-0.25, -0.2) is 14.4 Å². The Balaban J connectivity index is 0.000000721. The number of likely N-dealkylation sites (N-methyl/N-ethyl adjacent to an activating group) is 1. The first-order valence-electron chi connectivity index (χ1n) is 12.6. The lowest BCUT2D eigenvalue weighted by Gasteiger charge is -2.42. The molecule has 1 aromatic heterocycles. The fourth-order valence-electron chi connectivity index (χ4n) is 3.72. The Labute approximate surface area is 250 Å². The first kappa shape index (κ1) is 41.3. The molecule has 0 radical (unpaired) electrons. The number of likely N-dealkylation sites (tertiary alicyclic amines) is 1. The smallest absolute Gasteiger partial charge is 0.475 e. The predicted octanol–water partition coefficient (Wildman–Crippen LogP) is 4.12. The van der Waals surface area contributed by atoms with Gasteiger partial charge in [-0.05, 0) is 51.5 Å². The van der Waals surface area contributed by atoms with Crippen LogP contribution in [0.15, 0.2) is 17.5 Å². The van der Waals surface area contributed by atoms with Gasteiger partial charge < -0.3 is 25.0 Å². The Morgan fingerprint density at radius 2 is 1.32 bits per heavy atom. The maximum absolute atomic E-state index is 10.6. The molecule has 3 heterocycles. The summed E-state index contributed by atoms with van der Waals surface area (Å²) in [5.41, 5.74) is 0.384. The third-order valence-electron chi connectivity index (χ3n) is 5.99. The molecule has 3 N–H and O–H groups in total. The highest BCUT2D eigenvalue weighted by Gasteiger charge is 2.40. The number of carboxylic acids is 3. The lowest BCUT2D eigenvalue weighted by molar-refractivity contribution is -0.193. The van der Waals surface area contributed by atoms with E-state index in [1.165, 1.54) is 37.4 Å². The van der Waals surface area contributed by atoms with E-state index in [4.69, 9.17) is 34.4 Å². The van der Waals surface area contributed by atoms with Crippen LogP contribution >= 0.6 is 11.3 Å². The standard InChI is InChI=1S/C18H31N3OS.3C2HF3O2/c1-19(2)9-10-21-11-12-22-16-18(15-21)5-7-20(8-6-18)14-17-4-3-13-23-17;3*3-2(4,5)1(6)7/h3-4,13H,5-12,14-16H2,1-2H3;3*(H,6,7). The SMILES string of the molecule is CN(C)CCN1CCOCC2(CCN(Cc3cccs3)CC2)C1.O=C(O)C(F)(F)F.O=C(O)C(F)(F)F.O=C(O)C(F)(F)F. The molecule has 2 aliphatic rings. The van der Waals surface area contributed by atoms with Crippen LogP contribution in [-0.2, 0) is 25.7 Å². The van der Waals surface area contributed by atoms with Gasteiger partial charge in [0.25, 0.3) is 0 Å². The van der Waals surface area contributed by atoms with Crippen LogP contribution in [0.2, 0.25) is 0 Å². The van der Waals surface area contributed by atoms with Gasteiger partial charge in [-0.3, -0.25) is 9.80 Å². The maximum Gasteiger partial charge on any atom is 0.490 e. The molecule has 0 atom stereocenters. The van der Waals surface area contributed by atoms with Crippen molar-refractivity contribution < 1.29 is 74.0 Å². The highest BCUT2D eigenvalue weighted by Crippen LogP contribution is 2.35. The molecule has 0 saturated carbocycles. The van der Waals surface area contributed by atoms with Gasteiger partial charge in [0.05, 0.1) is 13.2 Å². The van der Waals surface area contributed by atoms with Gasteiger partial charge in [0.15, 0.2) is 0 Å². The van der Waals surface area contributed by atoms with Gasteiger partial charge in [0.2, 0.25) is 0 Å². The van der Waals surface area contributed by atoms with E-state index in [0.29, 0.717) is 5.41 Å². The molecule has 44 heavy (non-hydrogen) atoms. The number of alkyl halides is 9. The van der Waals surface area contributed by atoms with E-state index in [9.17, 15) is 39.5 Å². The Morgan fingerprint density at radius 3 is 1.68 bits per heavy atom. The lowest BCUT2D eigenvalue weighted by atomic mass is 9.78. The predicted molar refractivity (Wildman–Crippen MR) is 138 cm³/mol. The molecule has 256 valence electrons. The van der Waals surface area contributed by atoms with E-state index in [0.717, 1.165) is 39.4 Å². The van der Waals surface area contributed by atoms with Crippen LogP contribution in [0.1, 0.15) is 17.7 Å². The van der Waals surface area contributed by atoms with Gasteiger partial charge in [0.1, 0.15) is 0 Å². The first-order valence-corrected chi connectivity index (χ1v) is 13.5. The molecule has 2 aliphatic heterocycles. The Morgan fingerprint density at radius 1 is 0.864 bits per heavy atom. The molecule has 10 nitrogen and oxygen atoms in total. The highest BCUT2D eigenvalue weighted by molar-refractivity contribution is 7.09. The fraction of sp³-hybridized carbons (Fsp3) is 0.708. The number of thiophene rings is 1. The normalized spacial score (nSPS) is 17.6. The zero-order chi connectivity index (χ0) is 34.4. The number of carbonyl (C=O) groups is 3. The van der Waals surface area contributed by atoms with Crippen LogP contribution < -0.4 is 0 Å². The number of halogens is 9. The quantitative estimate of drug-likeness (QED) is 0.391. The van der Waals surface area contributed by atoms with E-state index in [1.807, 2.05) is 11.3 Å². The number of hydrogen-bond donors (Lipinski definition) is 3. The number of carboxylic acid groups (broad SMARTS) is 3. The average molecular weight is 680 g/mol. The van der Waals surface area contributed by atoms with Gasteiger partial charge in [0, 0.05) is 43.0 Å². The van der Waals surface area contributed by atoms with Crippen LogP contribution in [0.3, 0.4) is 0 Å². The highest BCUT2D eigenvalue weighted by atomic mass is 32.1. The average Bonchev–Trinajstić information content (AvgIpc) is 3.31. The monoisotopic (exact) mass is 679 g/mol. The number of nitrogens with zero attached hydrogens (tertiary/aromatic N) is 3. The molecule has 1 spiro atoms. The molecule has 2 fully saturated rings. The third-order valence-corrected chi connectivity index (χ3v) is 6.85. The Hall–Kier alpha value is -2.68. The van der Waals surface area contributed by atoms with E-state index < -0.39 is 36.4 Å². The minimum absolute atomic E-state index is 0.384. The lowest BCUT2D eigenvalue weighted by Crippen LogP contribution is -2.47. The summed E-state index contributed by atoms with van der Waals surface area (Å²) in [6.45, 7) is 10.0. The van der Waals surface area contributed by atoms with Crippen molar-refractivity contribution >= 4 is 29.2 Å². The van der Waals surface area contributed by atoms with Crippen molar-refractivity contribution in [1.82, 2.24) is 14.7 Å². The number of piperidine rings is 1. The van der Waals surface area contributed by atoms with Crippen LogP contribution in [-0.4, -0.2) is 133 Å². The van der Waals surface area contributed by atoms with Gasteiger partial charge in [-0.1, -0.05) is 6.07 Å². The molecule has 2 saturated heterocycles. The van der Waals surface area contributed by atoms with Crippen molar-refractivity contribution in [2.24, 2.45) is 5.41 Å². The third kappa shape index (κ3) is 18.2. The summed E-state index contributed by atoms with van der Waals surface area (Å²) in [4.78, 5) is 35.7. The topological polar surface area (TPSA) is 131 Å². The molecular formula is C24H34F9N3O7S. The molecule has 0 bridgehead atoms. The minimum Gasteiger partial charge on any atom is -0.475 e. The molecule has 3 rings (SSSR count). The van der Waals surface area contributed by atoms with Crippen molar-refractivity contribution in [2.45, 2.75) is 37.9 Å². The number of hydrogen-bond acceptors (Lipinski definition) is 8. The molecular weight excluding hydrogens is 645 g/mol. The molecule has 0 amide bonds. The Bertz CT molecular complexity index is 940. The van der Waals surface area contributed by atoms with Crippen LogP contribution in [0.5, 0.6) is 0 Å². The zero-order valence-corrected chi connectivity index (χ0v) is 24.5. The zero-order valence-electron chi connectivity index (χ0n) is 23.6. The summed E-state index contributed by atoms with van der Waals surface area (Å²) in [5, 5.41) is 23.6. The van der Waals surface area contributed by atoms with Crippen LogP contribution in [0, 0.1) is 5.41 Å². The number of aliphatic carboxylic acids is 3. The number of ether oxygens (including phenoxy) is 1. The summed E-state index contributed by atoms with van der Waals surface area (Å²) in [6.07, 6.45) is -12.7. The minimum atomic E-state index is -5.08. The van der Waals surface area contributed by atoms with Crippen molar-refractivity contribution in [2.75, 3.05) is 66.6 Å². The van der Waals surface area contributed by atoms with Crippen molar-refractivity contribution in [3.05, 3.63) is 22.4 Å². The van der Waals surface area contributed by atoms with Gasteiger partial charge in [-0.15, -0.1) is 11.3 Å². The molecule has 0 aromatic carbocycles. The van der Waals surface area contributed by atoms with Crippen molar-refractivity contribution in [3.8, 4) is 0 Å². The maximum atomic E-state index is 10.6.